The number of methoxy groups -OCH3 is 1. The summed E-state index contributed by atoms with van der Waals surface area (Å²) in [5.41, 5.74) is 3.93. The third-order valence-corrected chi connectivity index (χ3v) is 5.95. The van der Waals surface area contributed by atoms with Gasteiger partial charge in [0.1, 0.15) is 12.4 Å². The van der Waals surface area contributed by atoms with Crippen LogP contribution in [0.25, 0.3) is 6.08 Å². The number of carbonyl (C=O) groups excluding carboxylic acids is 1. The van der Waals surface area contributed by atoms with Crippen LogP contribution in [-0.4, -0.2) is 44.1 Å². The van der Waals surface area contributed by atoms with Gasteiger partial charge in [-0.15, -0.1) is 0 Å². The number of nitro benzene ring substituents is 1. The molecule has 1 heterocycles. The van der Waals surface area contributed by atoms with Crippen molar-refractivity contribution in [2.24, 2.45) is 0 Å². The molecule has 186 valence electrons. The number of anilines is 1. The maximum Gasteiger partial charge on any atom is 0.310 e. The standard InChI is InChI=1S/C28H28N2O6/c1-20-3-10-25(30(32)33)28(17-20)36-19-23-18-21(5-12-27(23)34-2)4-11-26(31)22-6-8-24(9-7-22)29-13-15-35-16-14-29/h3-12,17-18H,13-16,19H2,1-2H3/b11-4+. The molecule has 0 aromatic heterocycles. The lowest BCUT2D eigenvalue weighted by molar-refractivity contribution is -0.386. The summed E-state index contributed by atoms with van der Waals surface area (Å²) in [6.45, 7) is 5.02. The molecule has 1 fully saturated rings. The van der Waals surface area contributed by atoms with Crippen LogP contribution in [0.5, 0.6) is 11.5 Å². The van der Waals surface area contributed by atoms with Gasteiger partial charge >= 0.3 is 5.69 Å². The molecular formula is C28H28N2O6. The van der Waals surface area contributed by atoms with Crippen LogP contribution in [0, 0.1) is 17.0 Å². The van der Waals surface area contributed by atoms with E-state index in [4.69, 9.17) is 14.2 Å². The minimum atomic E-state index is -0.468. The zero-order valence-corrected chi connectivity index (χ0v) is 20.3. The molecule has 4 rings (SSSR count). The fourth-order valence-electron chi connectivity index (χ4n) is 3.98. The number of carbonyl (C=O) groups is 1. The molecule has 36 heavy (non-hydrogen) atoms. The van der Waals surface area contributed by atoms with Gasteiger partial charge in [0.15, 0.2) is 11.5 Å². The first-order chi connectivity index (χ1) is 17.4. The predicted octanol–water partition coefficient (Wildman–Crippen LogP) is 5.22. The van der Waals surface area contributed by atoms with Crippen LogP contribution in [0.3, 0.4) is 0 Å². The lowest BCUT2D eigenvalue weighted by Gasteiger charge is -2.28. The molecule has 0 amide bonds. The fourth-order valence-corrected chi connectivity index (χ4v) is 3.98. The van der Waals surface area contributed by atoms with Crippen molar-refractivity contribution in [3.63, 3.8) is 0 Å². The Balaban J connectivity index is 1.46. The van der Waals surface area contributed by atoms with E-state index < -0.39 is 4.92 Å². The van der Waals surface area contributed by atoms with Crippen LogP contribution in [0.1, 0.15) is 27.0 Å². The van der Waals surface area contributed by atoms with Gasteiger partial charge in [-0.25, -0.2) is 0 Å². The highest BCUT2D eigenvalue weighted by atomic mass is 16.6. The zero-order chi connectivity index (χ0) is 25.5. The van der Waals surface area contributed by atoms with Crippen molar-refractivity contribution < 1.29 is 23.9 Å². The molecule has 8 nitrogen and oxygen atoms in total. The third-order valence-electron chi connectivity index (χ3n) is 5.95. The molecule has 0 radical (unpaired) electrons. The van der Waals surface area contributed by atoms with E-state index in [1.165, 1.54) is 12.1 Å². The molecule has 0 N–H and O–H groups in total. The lowest BCUT2D eigenvalue weighted by Crippen LogP contribution is -2.36. The summed E-state index contributed by atoms with van der Waals surface area (Å²) in [6.07, 6.45) is 3.26. The Kier molecular flexibility index (Phi) is 7.97. The largest absolute Gasteiger partial charge is 0.496 e. The predicted molar refractivity (Wildman–Crippen MR) is 138 cm³/mol. The van der Waals surface area contributed by atoms with Crippen molar-refractivity contribution >= 4 is 23.2 Å². The molecule has 0 atom stereocenters. The molecule has 0 aliphatic carbocycles. The number of aryl methyl sites for hydroxylation is 1. The Morgan fingerprint density at radius 1 is 1.06 bits per heavy atom. The lowest BCUT2D eigenvalue weighted by atomic mass is 10.1. The van der Waals surface area contributed by atoms with Gasteiger partial charge in [0.2, 0.25) is 0 Å². The van der Waals surface area contributed by atoms with Crippen LogP contribution in [0.4, 0.5) is 11.4 Å². The van der Waals surface area contributed by atoms with E-state index in [9.17, 15) is 14.9 Å². The first-order valence-corrected chi connectivity index (χ1v) is 11.6. The Bertz CT molecular complexity index is 1260. The Labute approximate surface area is 209 Å². The van der Waals surface area contributed by atoms with Gasteiger partial charge in [0, 0.05) is 36.0 Å². The molecule has 8 heteroatoms. The second-order valence-corrected chi connectivity index (χ2v) is 8.43. The zero-order valence-electron chi connectivity index (χ0n) is 20.3. The number of benzene rings is 3. The van der Waals surface area contributed by atoms with E-state index in [0.29, 0.717) is 30.1 Å². The van der Waals surface area contributed by atoms with Gasteiger partial charge in [-0.3, -0.25) is 14.9 Å². The quantitative estimate of drug-likeness (QED) is 0.176. The number of morpholine rings is 1. The van der Waals surface area contributed by atoms with Gasteiger partial charge in [0.05, 0.1) is 25.2 Å². The molecule has 3 aromatic carbocycles. The first kappa shape index (κ1) is 24.9. The van der Waals surface area contributed by atoms with Crippen LogP contribution in [0.2, 0.25) is 0 Å². The molecular weight excluding hydrogens is 460 g/mol. The number of hydrogen-bond acceptors (Lipinski definition) is 7. The second kappa shape index (κ2) is 11.5. The van der Waals surface area contributed by atoms with Gasteiger partial charge in [-0.1, -0.05) is 18.2 Å². The molecule has 1 aliphatic heterocycles. The molecule has 0 saturated carbocycles. The average Bonchev–Trinajstić information content (AvgIpc) is 2.91. The summed E-state index contributed by atoms with van der Waals surface area (Å²) in [4.78, 5) is 25.8. The van der Waals surface area contributed by atoms with Crippen molar-refractivity contribution in [2.75, 3.05) is 38.3 Å². The maximum absolute atomic E-state index is 12.7. The summed E-state index contributed by atoms with van der Waals surface area (Å²) in [6, 6.07) is 17.8. The number of nitrogens with zero attached hydrogens (tertiary/aromatic N) is 2. The Morgan fingerprint density at radius 2 is 1.81 bits per heavy atom. The first-order valence-electron chi connectivity index (χ1n) is 11.6. The summed E-state index contributed by atoms with van der Waals surface area (Å²) >= 11 is 0. The maximum atomic E-state index is 12.7. The molecule has 1 aliphatic rings. The number of allylic oxidation sites excluding steroid dienone is 1. The molecule has 1 saturated heterocycles. The monoisotopic (exact) mass is 488 g/mol. The summed E-state index contributed by atoms with van der Waals surface area (Å²) in [5.74, 6) is 0.679. The minimum Gasteiger partial charge on any atom is -0.496 e. The van der Waals surface area contributed by atoms with Crippen LogP contribution in [0.15, 0.2) is 66.7 Å². The van der Waals surface area contributed by atoms with Gasteiger partial charge in [0.25, 0.3) is 0 Å². The van der Waals surface area contributed by atoms with Gasteiger partial charge in [-0.2, -0.15) is 0 Å². The van der Waals surface area contributed by atoms with Crippen molar-refractivity contribution in [1.29, 1.82) is 0 Å². The number of hydrogen-bond donors (Lipinski definition) is 0. The number of ketones is 1. The number of nitro groups is 1. The topological polar surface area (TPSA) is 91.1 Å². The van der Waals surface area contributed by atoms with E-state index >= 15 is 0 Å². The Hall–Kier alpha value is -4.17. The minimum absolute atomic E-state index is 0.0755. The van der Waals surface area contributed by atoms with Crippen molar-refractivity contribution in [3.8, 4) is 11.5 Å². The van der Waals surface area contributed by atoms with Crippen LogP contribution in [-0.2, 0) is 11.3 Å². The smallest absolute Gasteiger partial charge is 0.310 e. The number of ether oxygens (including phenoxy) is 3. The van der Waals surface area contributed by atoms with E-state index in [1.807, 2.05) is 43.3 Å². The van der Waals surface area contributed by atoms with Crippen LogP contribution >= 0.6 is 0 Å². The van der Waals surface area contributed by atoms with Gasteiger partial charge < -0.3 is 19.1 Å². The van der Waals surface area contributed by atoms with Crippen molar-refractivity contribution in [1.82, 2.24) is 0 Å². The molecule has 0 unspecified atom stereocenters. The SMILES string of the molecule is COc1ccc(/C=C/C(=O)c2ccc(N3CCOCC3)cc2)cc1COc1cc(C)ccc1[N+](=O)[O-]. The number of rotatable bonds is 9. The van der Waals surface area contributed by atoms with E-state index in [-0.39, 0.29) is 23.8 Å². The average molecular weight is 489 g/mol. The summed E-state index contributed by atoms with van der Waals surface area (Å²) in [5, 5.41) is 11.3. The highest BCUT2D eigenvalue weighted by Crippen LogP contribution is 2.30. The third kappa shape index (κ3) is 6.09. The Morgan fingerprint density at radius 3 is 2.50 bits per heavy atom. The molecule has 0 bridgehead atoms. The van der Waals surface area contributed by atoms with Crippen molar-refractivity contribution in [3.05, 3.63) is 99.1 Å². The highest BCUT2D eigenvalue weighted by molar-refractivity contribution is 6.07. The normalized spacial score (nSPS) is 13.6. The highest BCUT2D eigenvalue weighted by Gasteiger charge is 2.16. The van der Waals surface area contributed by atoms with Crippen molar-refractivity contribution in [2.45, 2.75) is 13.5 Å². The van der Waals surface area contributed by atoms with E-state index in [2.05, 4.69) is 4.90 Å². The van der Waals surface area contributed by atoms with E-state index in [0.717, 1.165) is 29.9 Å². The summed E-state index contributed by atoms with van der Waals surface area (Å²) < 4.78 is 16.6. The van der Waals surface area contributed by atoms with E-state index in [1.54, 1.807) is 31.4 Å². The fraction of sp³-hybridized carbons (Fsp3) is 0.250. The molecule has 0 spiro atoms. The molecule has 3 aromatic rings. The van der Waals surface area contributed by atoms with Crippen LogP contribution < -0.4 is 14.4 Å². The van der Waals surface area contributed by atoms with Gasteiger partial charge in [-0.05, 0) is 66.6 Å². The summed E-state index contributed by atoms with van der Waals surface area (Å²) in [7, 11) is 1.55. The second-order valence-electron chi connectivity index (χ2n) is 8.43.